The molecule has 122 valence electrons. The predicted octanol–water partition coefficient (Wildman–Crippen LogP) is 3.32. The number of fused-ring (bicyclic) bond motifs is 1. The van der Waals surface area contributed by atoms with Crippen LogP contribution in [0.25, 0.3) is 27.1 Å². The number of hydrogen-bond acceptors (Lipinski definition) is 5. The molecule has 3 heterocycles. The molecule has 0 spiro atoms. The SMILES string of the molecule is Cn1ncc(Cl)c1-c1nnc2sc(-c3ccc(F)c(F)c3F)nn12. The fourth-order valence-electron chi connectivity index (χ4n) is 2.23. The normalized spacial score (nSPS) is 11.5. The Morgan fingerprint density at radius 3 is 2.62 bits per heavy atom. The molecule has 4 rings (SSSR count). The fraction of sp³-hybridized carbons (Fsp3) is 0.0769. The predicted molar refractivity (Wildman–Crippen MR) is 81.2 cm³/mol. The summed E-state index contributed by atoms with van der Waals surface area (Å²) < 4.78 is 43.3. The second kappa shape index (κ2) is 5.28. The summed E-state index contributed by atoms with van der Waals surface area (Å²) in [6.45, 7) is 0. The highest BCUT2D eigenvalue weighted by Gasteiger charge is 2.22. The lowest BCUT2D eigenvalue weighted by Crippen LogP contribution is -1.99. The number of halogens is 4. The first-order valence-corrected chi connectivity index (χ1v) is 7.71. The average Bonchev–Trinajstić information content (AvgIpc) is 3.21. The van der Waals surface area contributed by atoms with Crippen LogP contribution in [0.5, 0.6) is 0 Å². The van der Waals surface area contributed by atoms with Crippen LogP contribution in [0.3, 0.4) is 0 Å². The number of nitrogens with zero attached hydrogens (tertiary/aromatic N) is 6. The molecule has 0 atom stereocenters. The van der Waals surface area contributed by atoms with Gasteiger partial charge in [-0.05, 0) is 12.1 Å². The van der Waals surface area contributed by atoms with Crippen molar-refractivity contribution in [2.45, 2.75) is 0 Å². The number of aromatic nitrogens is 6. The van der Waals surface area contributed by atoms with Gasteiger partial charge in [-0.1, -0.05) is 22.9 Å². The monoisotopic (exact) mass is 370 g/mol. The van der Waals surface area contributed by atoms with Crippen LogP contribution in [-0.4, -0.2) is 29.6 Å². The molecule has 0 N–H and O–H groups in total. The highest BCUT2D eigenvalue weighted by Crippen LogP contribution is 2.32. The standard InChI is InChI=1S/C13H6ClF3N6S/c1-22-10(6(14)4-18-22)11-19-20-13-23(11)21-12(24-13)5-2-3-7(15)9(17)8(5)16/h2-4H,1H3. The first kappa shape index (κ1) is 15.1. The van der Waals surface area contributed by atoms with Gasteiger partial charge in [-0.3, -0.25) is 4.68 Å². The van der Waals surface area contributed by atoms with Gasteiger partial charge in [-0.25, -0.2) is 13.2 Å². The van der Waals surface area contributed by atoms with E-state index < -0.39 is 17.5 Å². The molecule has 0 saturated heterocycles. The molecule has 0 saturated carbocycles. The second-order valence-corrected chi connectivity index (χ2v) is 6.18. The van der Waals surface area contributed by atoms with Crippen molar-refractivity contribution in [3.05, 3.63) is 40.8 Å². The molecule has 1 aromatic carbocycles. The molecule has 0 aliphatic carbocycles. The zero-order valence-corrected chi connectivity index (χ0v) is 13.4. The molecule has 0 unspecified atom stereocenters. The van der Waals surface area contributed by atoms with Gasteiger partial charge in [-0.2, -0.15) is 14.7 Å². The van der Waals surface area contributed by atoms with Gasteiger partial charge in [-0.15, -0.1) is 10.2 Å². The third-order valence-electron chi connectivity index (χ3n) is 3.36. The van der Waals surface area contributed by atoms with Gasteiger partial charge >= 0.3 is 0 Å². The summed E-state index contributed by atoms with van der Waals surface area (Å²) in [6.07, 6.45) is 1.44. The molecule has 0 aliphatic rings. The molecular formula is C13H6ClF3N6S. The Balaban J connectivity index is 1.91. The summed E-state index contributed by atoms with van der Waals surface area (Å²) >= 11 is 7.07. The second-order valence-electron chi connectivity index (χ2n) is 4.81. The first-order chi connectivity index (χ1) is 11.5. The van der Waals surface area contributed by atoms with Crippen molar-refractivity contribution >= 4 is 27.9 Å². The maximum atomic E-state index is 14.0. The molecule has 24 heavy (non-hydrogen) atoms. The minimum absolute atomic E-state index is 0.135. The van der Waals surface area contributed by atoms with E-state index in [-0.39, 0.29) is 10.6 Å². The van der Waals surface area contributed by atoms with Crippen LogP contribution in [0.1, 0.15) is 0 Å². The maximum Gasteiger partial charge on any atom is 0.235 e. The van der Waals surface area contributed by atoms with E-state index in [2.05, 4.69) is 20.4 Å². The summed E-state index contributed by atoms with van der Waals surface area (Å²) in [5.74, 6) is -3.81. The van der Waals surface area contributed by atoms with E-state index >= 15 is 0 Å². The molecule has 0 radical (unpaired) electrons. The van der Waals surface area contributed by atoms with Crippen molar-refractivity contribution in [2.24, 2.45) is 7.05 Å². The van der Waals surface area contributed by atoms with Crippen molar-refractivity contribution in [3.63, 3.8) is 0 Å². The summed E-state index contributed by atoms with van der Waals surface area (Å²) in [6, 6.07) is 1.96. The number of rotatable bonds is 2. The summed E-state index contributed by atoms with van der Waals surface area (Å²) in [5.41, 5.74) is 0.318. The van der Waals surface area contributed by atoms with E-state index in [0.717, 1.165) is 23.5 Å². The molecule has 0 amide bonds. The van der Waals surface area contributed by atoms with Crippen LogP contribution in [0, 0.1) is 17.5 Å². The van der Waals surface area contributed by atoms with E-state index in [4.69, 9.17) is 11.6 Å². The zero-order chi connectivity index (χ0) is 17.0. The van der Waals surface area contributed by atoms with E-state index in [9.17, 15) is 13.2 Å². The highest BCUT2D eigenvalue weighted by molar-refractivity contribution is 7.19. The number of hydrogen-bond donors (Lipinski definition) is 0. The Bertz CT molecular complexity index is 1070. The molecule has 4 aromatic rings. The summed E-state index contributed by atoms with van der Waals surface area (Å²) in [5, 5.41) is 16.6. The molecule has 3 aromatic heterocycles. The smallest absolute Gasteiger partial charge is 0.235 e. The third kappa shape index (κ3) is 2.10. The lowest BCUT2D eigenvalue weighted by atomic mass is 10.2. The van der Waals surface area contributed by atoms with Crippen LogP contribution in [0.2, 0.25) is 5.02 Å². The largest absolute Gasteiger partial charge is 0.263 e. The maximum absolute atomic E-state index is 14.0. The van der Waals surface area contributed by atoms with Gasteiger partial charge < -0.3 is 0 Å². The topological polar surface area (TPSA) is 60.9 Å². The van der Waals surface area contributed by atoms with Gasteiger partial charge in [0.15, 0.2) is 22.5 Å². The lowest BCUT2D eigenvalue weighted by Gasteiger charge is -2.01. The van der Waals surface area contributed by atoms with Gasteiger partial charge in [0.1, 0.15) is 5.69 Å². The van der Waals surface area contributed by atoms with Crippen LogP contribution in [0.15, 0.2) is 18.3 Å². The molecule has 0 fully saturated rings. The Morgan fingerprint density at radius 2 is 1.92 bits per heavy atom. The van der Waals surface area contributed by atoms with Crippen LogP contribution in [0.4, 0.5) is 13.2 Å². The molecule has 11 heteroatoms. The molecular weight excluding hydrogens is 365 g/mol. The third-order valence-corrected chi connectivity index (χ3v) is 4.57. The number of benzene rings is 1. The molecule has 0 bridgehead atoms. The van der Waals surface area contributed by atoms with Crippen molar-refractivity contribution < 1.29 is 13.2 Å². The van der Waals surface area contributed by atoms with E-state index in [0.29, 0.717) is 21.5 Å². The van der Waals surface area contributed by atoms with Crippen molar-refractivity contribution in [3.8, 4) is 22.1 Å². The Kier molecular flexibility index (Phi) is 3.32. The van der Waals surface area contributed by atoms with E-state index in [1.165, 1.54) is 15.4 Å². The first-order valence-electron chi connectivity index (χ1n) is 6.51. The van der Waals surface area contributed by atoms with Gasteiger partial charge in [0.25, 0.3) is 0 Å². The van der Waals surface area contributed by atoms with Gasteiger partial charge in [0.2, 0.25) is 10.8 Å². The minimum atomic E-state index is -1.55. The molecule has 0 aliphatic heterocycles. The lowest BCUT2D eigenvalue weighted by molar-refractivity contribution is 0.449. The van der Waals surface area contributed by atoms with Crippen LogP contribution in [-0.2, 0) is 7.05 Å². The quantitative estimate of drug-likeness (QED) is 0.508. The summed E-state index contributed by atoms with van der Waals surface area (Å²) in [7, 11) is 1.67. The van der Waals surface area contributed by atoms with Crippen molar-refractivity contribution in [1.29, 1.82) is 0 Å². The average molecular weight is 371 g/mol. The van der Waals surface area contributed by atoms with Crippen LogP contribution >= 0.6 is 22.9 Å². The van der Waals surface area contributed by atoms with Gasteiger partial charge in [0.05, 0.1) is 16.8 Å². The zero-order valence-electron chi connectivity index (χ0n) is 11.8. The minimum Gasteiger partial charge on any atom is -0.263 e. The Hall–Kier alpha value is -2.46. The van der Waals surface area contributed by atoms with E-state index in [1.807, 2.05) is 0 Å². The van der Waals surface area contributed by atoms with Crippen molar-refractivity contribution in [1.82, 2.24) is 29.6 Å². The molecule has 6 nitrogen and oxygen atoms in total. The van der Waals surface area contributed by atoms with Crippen LogP contribution < -0.4 is 0 Å². The Labute approximate surface area is 141 Å². The Morgan fingerprint density at radius 1 is 1.12 bits per heavy atom. The number of aryl methyl sites for hydroxylation is 1. The van der Waals surface area contributed by atoms with Gasteiger partial charge in [0, 0.05) is 7.05 Å². The van der Waals surface area contributed by atoms with Crippen molar-refractivity contribution in [2.75, 3.05) is 0 Å². The highest BCUT2D eigenvalue weighted by atomic mass is 35.5. The summed E-state index contributed by atoms with van der Waals surface area (Å²) in [4.78, 5) is 0.349. The van der Waals surface area contributed by atoms with E-state index in [1.54, 1.807) is 7.05 Å². The fourth-order valence-corrected chi connectivity index (χ4v) is 3.34.